The first-order valence-electron chi connectivity index (χ1n) is 6.70. The van der Waals surface area contributed by atoms with Crippen molar-refractivity contribution >= 4 is 15.9 Å². The second kappa shape index (κ2) is 6.03. The molecule has 5 heteroatoms. The van der Waals surface area contributed by atoms with Crippen LogP contribution in [0.15, 0.2) is 40.9 Å². The summed E-state index contributed by atoms with van der Waals surface area (Å²) in [6, 6.07) is 10.6. The molecule has 0 aliphatic carbocycles. The lowest BCUT2D eigenvalue weighted by Gasteiger charge is -2.15. The zero-order valence-electron chi connectivity index (χ0n) is 11.5. The van der Waals surface area contributed by atoms with E-state index in [0.717, 1.165) is 27.1 Å². The molecule has 0 bridgehead atoms. The van der Waals surface area contributed by atoms with Crippen LogP contribution in [0.25, 0.3) is 0 Å². The number of benzene rings is 2. The van der Waals surface area contributed by atoms with Gasteiger partial charge in [0, 0.05) is 12.6 Å². The zero-order chi connectivity index (χ0) is 14.8. The minimum Gasteiger partial charge on any atom is -0.454 e. The molecule has 110 valence electrons. The lowest BCUT2D eigenvalue weighted by Crippen LogP contribution is -2.18. The van der Waals surface area contributed by atoms with Crippen LogP contribution < -0.4 is 14.8 Å². The number of hydrogen-bond donors (Lipinski definition) is 1. The Labute approximate surface area is 131 Å². The van der Waals surface area contributed by atoms with Crippen molar-refractivity contribution in [2.75, 3.05) is 6.79 Å². The van der Waals surface area contributed by atoms with E-state index in [1.165, 1.54) is 6.07 Å². The van der Waals surface area contributed by atoms with E-state index in [1.54, 1.807) is 12.1 Å². The van der Waals surface area contributed by atoms with Crippen molar-refractivity contribution in [2.45, 2.75) is 19.5 Å². The topological polar surface area (TPSA) is 30.5 Å². The average Bonchev–Trinajstić information content (AvgIpc) is 2.93. The summed E-state index contributed by atoms with van der Waals surface area (Å²) in [4.78, 5) is 0. The van der Waals surface area contributed by atoms with Crippen LogP contribution in [0.5, 0.6) is 11.5 Å². The Morgan fingerprint density at radius 2 is 2.14 bits per heavy atom. The van der Waals surface area contributed by atoms with Gasteiger partial charge in [-0.1, -0.05) is 12.1 Å². The molecule has 1 heterocycles. The molecule has 3 nitrogen and oxygen atoms in total. The fourth-order valence-corrected chi connectivity index (χ4v) is 2.89. The smallest absolute Gasteiger partial charge is 0.231 e. The molecule has 1 unspecified atom stereocenters. The Balaban J connectivity index is 1.69. The van der Waals surface area contributed by atoms with E-state index in [0.29, 0.717) is 6.54 Å². The van der Waals surface area contributed by atoms with Gasteiger partial charge in [0.25, 0.3) is 0 Å². The van der Waals surface area contributed by atoms with E-state index >= 15 is 0 Å². The molecule has 0 saturated heterocycles. The molecule has 0 fully saturated rings. The molecular formula is C16H15BrFNO2. The van der Waals surface area contributed by atoms with Crippen LogP contribution in [0.2, 0.25) is 0 Å². The molecule has 2 aromatic rings. The van der Waals surface area contributed by atoms with Crippen molar-refractivity contribution in [3.05, 3.63) is 57.8 Å². The van der Waals surface area contributed by atoms with E-state index < -0.39 is 0 Å². The lowest BCUT2D eigenvalue weighted by atomic mass is 10.1. The van der Waals surface area contributed by atoms with Gasteiger partial charge in [-0.2, -0.15) is 0 Å². The van der Waals surface area contributed by atoms with Gasteiger partial charge in [-0.25, -0.2) is 4.39 Å². The highest BCUT2D eigenvalue weighted by atomic mass is 79.9. The van der Waals surface area contributed by atoms with E-state index in [2.05, 4.69) is 21.2 Å². The average molecular weight is 352 g/mol. The molecule has 1 atom stereocenters. The quantitative estimate of drug-likeness (QED) is 0.896. The van der Waals surface area contributed by atoms with Gasteiger partial charge in [-0.3, -0.25) is 0 Å². The summed E-state index contributed by atoms with van der Waals surface area (Å²) < 4.78 is 24.9. The van der Waals surface area contributed by atoms with Gasteiger partial charge >= 0.3 is 0 Å². The largest absolute Gasteiger partial charge is 0.454 e. The highest BCUT2D eigenvalue weighted by Crippen LogP contribution is 2.40. The van der Waals surface area contributed by atoms with Crippen molar-refractivity contribution in [2.24, 2.45) is 0 Å². The second-order valence-electron chi connectivity index (χ2n) is 4.97. The fourth-order valence-electron chi connectivity index (χ4n) is 2.29. The third-order valence-electron chi connectivity index (χ3n) is 3.45. The van der Waals surface area contributed by atoms with E-state index in [-0.39, 0.29) is 18.7 Å². The number of ether oxygens (including phenoxy) is 2. The Bertz CT molecular complexity index is 663. The van der Waals surface area contributed by atoms with Crippen LogP contribution in [0, 0.1) is 5.82 Å². The van der Waals surface area contributed by atoms with Gasteiger partial charge in [-0.15, -0.1) is 0 Å². The number of nitrogens with one attached hydrogen (secondary N) is 1. The molecule has 1 aliphatic heterocycles. The van der Waals surface area contributed by atoms with Crippen LogP contribution in [-0.2, 0) is 6.54 Å². The van der Waals surface area contributed by atoms with Gasteiger partial charge in [0.2, 0.25) is 6.79 Å². The maximum atomic E-state index is 13.2. The monoisotopic (exact) mass is 351 g/mol. The van der Waals surface area contributed by atoms with Crippen LogP contribution in [0.3, 0.4) is 0 Å². The predicted octanol–water partition coefficient (Wildman–Crippen LogP) is 4.17. The molecule has 1 N–H and O–H groups in total. The third kappa shape index (κ3) is 3.19. The van der Waals surface area contributed by atoms with Crippen molar-refractivity contribution in [1.29, 1.82) is 0 Å². The molecule has 0 amide bonds. The summed E-state index contributed by atoms with van der Waals surface area (Å²) in [6.45, 7) is 2.92. The summed E-state index contributed by atoms with van der Waals surface area (Å²) in [6.07, 6.45) is 0. The summed E-state index contributed by atoms with van der Waals surface area (Å²) in [5.41, 5.74) is 2.00. The molecule has 0 saturated carbocycles. The molecule has 0 spiro atoms. The second-order valence-corrected chi connectivity index (χ2v) is 5.82. The van der Waals surface area contributed by atoms with E-state index in [9.17, 15) is 4.39 Å². The van der Waals surface area contributed by atoms with Crippen LogP contribution in [0.4, 0.5) is 4.39 Å². The Morgan fingerprint density at radius 1 is 1.29 bits per heavy atom. The van der Waals surface area contributed by atoms with Gasteiger partial charge in [0.1, 0.15) is 5.82 Å². The van der Waals surface area contributed by atoms with Crippen LogP contribution in [-0.4, -0.2) is 6.79 Å². The summed E-state index contributed by atoms with van der Waals surface area (Å²) in [5, 5.41) is 3.38. The van der Waals surface area contributed by atoms with Gasteiger partial charge in [-0.05, 0) is 58.2 Å². The van der Waals surface area contributed by atoms with Crippen molar-refractivity contribution < 1.29 is 13.9 Å². The van der Waals surface area contributed by atoms with Crippen LogP contribution in [0.1, 0.15) is 24.1 Å². The van der Waals surface area contributed by atoms with Crippen molar-refractivity contribution in [3.63, 3.8) is 0 Å². The molecule has 0 radical (unpaired) electrons. The molecular weight excluding hydrogens is 337 g/mol. The van der Waals surface area contributed by atoms with Gasteiger partial charge < -0.3 is 14.8 Å². The van der Waals surface area contributed by atoms with E-state index in [1.807, 2.05) is 25.1 Å². The summed E-state index contributed by atoms with van der Waals surface area (Å²) in [7, 11) is 0. The van der Waals surface area contributed by atoms with E-state index in [4.69, 9.17) is 9.47 Å². The maximum Gasteiger partial charge on any atom is 0.231 e. The SMILES string of the molecule is CC(NCc1cc(Br)c2c(c1)OCO2)c1cccc(F)c1. The van der Waals surface area contributed by atoms with Crippen molar-refractivity contribution in [3.8, 4) is 11.5 Å². The highest BCUT2D eigenvalue weighted by Gasteiger charge is 2.18. The molecule has 21 heavy (non-hydrogen) atoms. The summed E-state index contributed by atoms with van der Waals surface area (Å²) in [5.74, 6) is 1.28. The number of hydrogen-bond acceptors (Lipinski definition) is 3. The Kier molecular flexibility index (Phi) is 4.12. The Morgan fingerprint density at radius 3 is 2.95 bits per heavy atom. The molecule has 1 aliphatic rings. The first kappa shape index (κ1) is 14.4. The number of halogens is 2. The lowest BCUT2D eigenvalue weighted by molar-refractivity contribution is 0.173. The standard InChI is InChI=1S/C16H15BrFNO2/c1-10(12-3-2-4-13(18)7-12)19-8-11-5-14(17)16-15(6-11)20-9-21-16/h2-7,10,19H,8-9H2,1H3. The first-order chi connectivity index (χ1) is 10.1. The molecule has 3 rings (SSSR count). The maximum absolute atomic E-state index is 13.2. The predicted molar refractivity (Wildman–Crippen MR) is 81.9 cm³/mol. The normalized spacial score (nSPS) is 14.2. The number of fused-ring (bicyclic) bond motifs is 1. The number of rotatable bonds is 4. The fraction of sp³-hybridized carbons (Fsp3) is 0.250. The first-order valence-corrected chi connectivity index (χ1v) is 7.49. The van der Waals surface area contributed by atoms with Crippen molar-refractivity contribution in [1.82, 2.24) is 5.32 Å². The highest BCUT2D eigenvalue weighted by molar-refractivity contribution is 9.10. The van der Waals surface area contributed by atoms with Crippen LogP contribution >= 0.6 is 15.9 Å². The molecule has 2 aromatic carbocycles. The zero-order valence-corrected chi connectivity index (χ0v) is 13.1. The van der Waals surface area contributed by atoms with Gasteiger partial charge in [0.15, 0.2) is 11.5 Å². The third-order valence-corrected chi connectivity index (χ3v) is 4.04. The van der Waals surface area contributed by atoms with Gasteiger partial charge in [0.05, 0.1) is 4.47 Å². The minimum atomic E-state index is -0.216. The minimum absolute atomic E-state index is 0.0601. The Hall–Kier alpha value is -1.59. The molecule has 0 aromatic heterocycles. The summed E-state index contributed by atoms with van der Waals surface area (Å²) >= 11 is 3.48.